The summed E-state index contributed by atoms with van der Waals surface area (Å²) in [7, 11) is 1.56. The number of rotatable bonds is 8. The Morgan fingerprint density at radius 2 is 1.97 bits per heavy atom. The molecule has 0 aliphatic carbocycles. The fraction of sp³-hybridized carbons (Fsp3) is 0.333. The van der Waals surface area contributed by atoms with Crippen LogP contribution in [-0.2, 0) is 22.5 Å². The predicted octanol–water partition coefficient (Wildman–Crippen LogP) is 3.88. The van der Waals surface area contributed by atoms with Gasteiger partial charge >= 0.3 is 12.0 Å². The summed E-state index contributed by atoms with van der Waals surface area (Å²) >= 11 is 3.48. The van der Waals surface area contributed by atoms with Crippen LogP contribution in [0.25, 0.3) is 0 Å². The predicted molar refractivity (Wildman–Crippen MR) is 111 cm³/mol. The molecule has 1 saturated heterocycles. The summed E-state index contributed by atoms with van der Waals surface area (Å²) in [6.45, 7) is 3.81. The maximum absolute atomic E-state index is 11.9. The molecule has 0 atom stereocenters. The van der Waals surface area contributed by atoms with Gasteiger partial charge in [-0.25, -0.2) is 4.79 Å². The van der Waals surface area contributed by atoms with Crippen molar-refractivity contribution in [3.05, 3.63) is 52.0 Å². The maximum atomic E-state index is 11.9. The van der Waals surface area contributed by atoms with E-state index in [1.165, 1.54) is 0 Å². The van der Waals surface area contributed by atoms with Crippen molar-refractivity contribution in [1.29, 1.82) is 0 Å². The van der Waals surface area contributed by atoms with Gasteiger partial charge in [0.2, 0.25) is 0 Å². The van der Waals surface area contributed by atoms with Gasteiger partial charge < -0.3 is 24.4 Å². The van der Waals surface area contributed by atoms with Crippen LogP contribution in [0.5, 0.6) is 17.2 Å². The molecule has 2 aromatic carbocycles. The molecule has 1 N–H and O–H groups in total. The van der Waals surface area contributed by atoms with E-state index in [0.29, 0.717) is 43.5 Å². The molecule has 1 heterocycles. The highest BCUT2D eigenvalue weighted by Crippen LogP contribution is 2.35. The Bertz CT molecular complexity index is 903. The molecule has 2 aromatic rings. The number of carbonyl (C=O) groups is 2. The number of hydrogen-bond donors (Lipinski definition) is 1. The zero-order chi connectivity index (χ0) is 20.8. The van der Waals surface area contributed by atoms with E-state index in [1.54, 1.807) is 37.1 Å². The highest BCUT2D eigenvalue weighted by Gasteiger charge is 2.21. The quantitative estimate of drug-likeness (QED) is 0.602. The summed E-state index contributed by atoms with van der Waals surface area (Å²) in [6.07, 6.45) is 0.148. The molecule has 1 aliphatic rings. The molecule has 0 bridgehead atoms. The second-order valence-electron chi connectivity index (χ2n) is 6.47. The Labute approximate surface area is 178 Å². The maximum Gasteiger partial charge on any atom is 0.317 e. The summed E-state index contributed by atoms with van der Waals surface area (Å²) in [5.41, 5.74) is 1.62. The zero-order valence-electron chi connectivity index (χ0n) is 16.4. The standard InChI is InChI=1S/C21H23BrN2O5/c1-3-28-20(25)11-14-4-6-18(27-2)19(10-14)29-17-7-5-16(22)12-15(17)13-24-9-8-23-21(24)26/h4-7,10,12H,3,8-9,11,13H2,1-2H3,(H,23,26). The van der Waals surface area contributed by atoms with Gasteiger partial charge in [0.25, 0.3) is 0 Å². The van der Waals surface area contributed by atoms with Crippen LogP contribution in [0.2, 0.25) is 0 Å². The lowest BCUT2D eigenvalue weighted by molar-refractivity contribution is -0.142. The molecule has 154 valence electrons. The molecular formula is C21H23BrN2O5. The summed E-state index contributed by atoms with van der Waals surface area (Å²) < 4.78 is 17.5. The first-order valence-corrected chi connectivity index (χ1v) is 10.1. The molecule has 0 unspecified atom stereocenters. The number of amides is 2. The average Bonchev–Trinajstić information content (AvgIpc) is 3.09. The van der Waals surface area contributed by atoms with Crippen LogP contribution in [0, 0.1) is 0 Å². The molecule has 0 spiro atoms. The van der Waals surface area contributed by atoms with Crippen molar-refractivity contribution in [2.24, 2.45) is 0 Å². The van der Waals surface area contributed by atoms with Gasteiger partial charge in [0.1, 0.15) is 5.75 Å². The van der Waals surface area contributed by atoms with Gasteiger partial charge in [-0.3, -0.25) is 4.79 Å². The summed E-state index contributed by atoms with van der Waals surface area (Å²) in [4.78, 5) is 25.5. The third-order valence-corrected chi connectivity index (χ3v) is 4.92. The highest BCUT2D eigenvalue weighted by atomic mass is 79.9. The zero-order valence-corrected chi connectivity index (χ0v) is 18.0. The van der Waals surface area contributed by atoms with Crippen LogP contribution in [0.3, 0.4) is 0 Å². The molecule has 1 aliphatic heterocycles. The molecule has 8 heteroatoms. The Hall–Kier alpha value is -2.74. The molecule has 0 aromatic heterocycles. The van der Waals surface area contributed by atoms with Crippen molar-refractivity contribution < 1.29 is 23.8 Å². The molecule has 0 saturated carbocycles. The van der Waals surface area contributed by atoms with E-state index in [1.807, 2.05) is 18.2 Å². The van der Waals surface area contributed by atoms with E-state index < -0.39 is 0 Å². The molecule has 0 radical (unpaired) electrons. The number of esters is 1. The van der Waals surface area contributed by atoms with Gasteiger partial charge in [0.15, 0.2) is 11.5 Å². The Morgan fingerprint density at radius 3 is 2.66 bits per heavy atom. The molecule has 2 amide bonds. The number of halogens is 1. The van der Waals surface area contributed by atoms with Crippen LogP contribution in [-0.4, -0.2) is 43.7 Å². The fourth-order valence-electron chi connectivity index (χ4n) is 3.05. The van der Waals surface area contributed by atoms with Gasteiger partial charge in [-0.05, 0) is 42.8 Å². The van der Waals surface area contributed by atoms with Crippen LogP contribution in [0.4, 0.5) is 4.79 Å². The second-order valence-corrected chi connectivity index (χ2v) is 7.39. The van der Waals surface area contributed by atoms with E-state index in [2.05, 4.69) is 21.2 Å². The number of benzene rings is 2. The average molecular weight is 463 g/mol. The molecule has 7 nitrogen and oxygen atoms in total. The summed E-state index contributed by atoms with van der Waals surface area (Å²) in [6, 6.07) is 10.9. The van der Waals surface area contributed by atoms with Crippen LogP contribution in [0.1, 0.15) is 18.1 Å². The van der Waals surface area contributed by atoms with Crippen molar-refractivity contribution in [3.63, 3.8) is 0 Å². The minimum absolute atomic E-state index is 0.0926. The van der Waals surface area contributed by atoms with Gasteiger partial charge in [0, 0.05) is 23.1 Å². The normalized spacial score (nSPS) is 13.2. The number of hydrogen-bond acceptors (Lipinski definition) is 5. The summed E-state index contributed by atoms with van der Waals surface area (Å²) in [5.74, 6) is 1.35. The third kappa shape index (κ3) is 5.41. The SMILES string of the molecule is CCOC(=O)Cc1ccc(OC)c(Oc2ccc(Br)cc2CN2CCNC2=O)c1. The molecule has 3 rings (SSSR count). The fourth-order valence-corrected chi connectivity index (χ4v) is 3.46. The second kappa shape index (κ2) is 9.65. The number of urea groups is 1. The van der Waals surface area contributed by atoms with Gasteiger partial charge in [-0.15, -0.1) is 0 Å². The number of methoxy groups -OCH3 is 1. The highest BCUT2D eigenvalue weighted by molar-refractivity contribution is 9.10. The lowest BCUT2D eigenvalue weighted by atomic mass is 10.1. The van der Waals surface area contributed by atoms with E-state index in [-0.39, 0.29) is 18.4 Å². The van der Waals surface area contributed by atoms with Crippen LogP contribution < -0.4 is 14.8 Å². The smallest absolute Gasteiger partial charge is 0.317 e. The number of nitrogens with zero attached hydrogens (tertiary/aromatic N) is 1. The molecule has 1 fully saturated rings. The van der Waals surface area contributed by atoms with E-state index in [4.69, 9.17) is 14.2 Å². The molecule has 29 heavy (non-hydrogen) atoms. The minimum Gasteiger partial charge on any atom is -0.493 e. The van der Waals surface area contributed by atoms with E-state index in [0.717, 1.165) is 15.6 Å². The first-order valence-electron chi connectivity index (χ1n) is 9.31. The molecular weight excluding hydrogens is 440 g/mol. The van der Waals surface area contributed by atoms with Crippen LogP contribution >= 0.6 is 15.9 Å². The Kier molecular flexibility index (Phi) is 6.98. The van der Waals surface area contributed by atoms with Crippen LogP contribution in [0.15, 0.2) is 40.9 Å². The first-order chi connectivity index (χ1) is 14.0. The lowest BCUT2D eigenvalue weighted by Gasteiger charge is -2.19. The van der Waals surface area contributed by atoms with Gasteiger partial charge in [-0.1, -0.05) is 22.0 Å². The van der Waals surface area contributed by atoms with Crippen molar-refractivity contribution in [3.8, 4) is 17.2 Å². The van der Waals surface area contributed by atoms with E-state index >= 15 is 0 Å². The van der Waals surface area contributed by atoms with Crippen molar-refractivity contribution >= 4 is 27.9 Å². The third-order valence-electron chi connectivity index (χ3n) is 4.43. The number of ether oxygens (including phenoxy) is 3. The van der Waals surface area contributed by atoms with Crippen molar-refractivity contribution in [2.75, 3.05) is 26.8 Å². The number of carbonyl (C=O) groups excluding carboxylic acids is 2. The minimum atomic E-state index is -0.298. The topological polar surface area (TPSA) is 77.1 Å². The monoisotopic (exact) mass is 462 g/mol. The van der Waals surface area contributed by atoms with E-state index in [9.17, 15) is 9.59 Å². The van der Waals surface area contributed by atoms with Crippen molar-refractivity contribution in [1.82, 2.24) is 10.2 Å². The first kappa shape index (κ1) is 21.0. The summed E-state index contributed by atoms with van der Waals surface area (Å²) in [5, 5.41) is 2.80. The Morgan fingerprint density at radius 1 is 1.17 bits per heavy atom. The van der Waals surface area contributed by atoms with Gasteiger partial charge in [-0.2, -0.15) is 0 Å². The number of nitrogens with one attached hydrogen (secondary N) is 1. The Balaban J connectivity index is 1.86. The largest absolute Gasteiger partial charge is 0.493 e. The van der Waals surface area contributed by atoms with Crippen molar-refractivity contribution in [2.45, 2.75) is 19.9 Å². The van der Waals surface area contributed by atoms with Gasteiger partial charge in [0.05, 0.1) is 26.7 Å². The lowest BCUT2D eigenvalue weighted by Crippen LogP contribution is -2.27.